The van der Waals surface area contributed by atoms with Gasteiger partial charge in [-0.1, -0.05) is 6.07 Å². The summed E-state index contributed by atoms with van der Waals surface area (Å²) in [6.07, 6.45) is 0. The fraction of sp³-hybridized carbons (Fsp3) is 0.500. The van der Waals surface area contributed by atoms with Gasteiger partial charge < -0.3 is 15.1 Å². The highest BCUT2D eigenvalue weighted by Gasteiger charge is 2.29. The highest BCUT2D eigenvalue weighted by atomic mass is 19.1. The number of nitrogens with zero attached hydrogens (tertiary/aromatic N) is 2. The van der Waals surface area contributed by atoms with E-state index in [4.69, 9.17) is 0 Å². The fourth-order valence-electron chi connectivity index (χ4n) is 2.48. The number of halogens is 1. The zero-order chi connectivity index (χ0) is 13.8. The summed E-state index contributed by atoms with van der Waals surface area (Å²) in [7, 11) is 3.92. The van der Waals surface area contributed by atoms with Crippen LogP contribution < -0.4 is 5.32 Å². The highest BCUT2D eigenvalue weighted by molar-refractivity contribution is 5.94. The molecule has 19 heavy (non-hydrogen) atoms. The minimum atomic E-state index is -0.370. The van der Waals surface area contributed by atoms with E-state index >= 15 is 0 Å². The molecule has 0 bridgehead atoms. The maximum Gasteiger partial charge on any atom is 0.254 e. The summed E-state index contributed by atoms with van der Waals surface area (Å²) in [6, 6.07) is 6.02. The van der Waals surface area contributed by atoms with Crippen molar-refractivity contribution in [1.82, 2.24) is 15.1 Å². The summed E-state index contributed by atoms with van der Waals surface area (Å²) in [4.78, 5) is 16.5. The van der Waals surface area contributed by atoms with E-state index in [0.29, 0.717) is 12.1 Å². The first-order valence-corrected chi connectivity index (χ1v) is 6.51. The molecule has 1 aliphatic heterocycles. The topological polar surface area (TPSA) is 35.6 Å². The van der Waals surface area contributed by atoms with Crippen molar-refractivity contribution >= 4 is 5.91 Å². The Morgan fingerprint density at radius 3 is 2.95 bits per heavy atom. The van der Waals surface area contributed by atoms with Crippen LogP contribution in [0.1, 0.15) is 10.4 Å². The van der Waals surface area contributed by atoms with Crippen LogP contribution in [0.5, 0.6) is 0 Å². The number of amides is 1. The van der Waals surface area contributed by atoms with Crippen molar-refractivity contribution in [3.63, 3.8) is 0 Å². The van der Waals surface area contributed by atoms with Crippen molar-refractivity contribution < 1.29 is 9.18 Å². The van der Waals surface area contributed by atoms with E-state index < -0.39 is 0 Å². The maximum absolute atomic E-state index is 13.2. The molecule has 0 aromatic heterocycles. The molecule has 1 aliphatic rings. The van der Waals surface area contributed by atoms with Crippen LogP contribution in [-0.2, 0) is 0 Å². The predicted molar refractivity (Wildman–Crippen MR) is 72.6 cm³/mol. The van der Waals surface area contributed by atoms with Crippen LogP contribution in [0.2, 0.25) is 0 Å². The Hall–Kier alpha value is -1.46. The van der Waals surface area contributed by atoms with Crippen molar-refractivity contribution in [3.05, 3.63) is 35.6 Å². The molecule has 4 nitrogen and oxygen atoms in total. The third kappa shape index (κ3) is 3.30. The van der Waals surface area contributed by atoms with Crippen LogP contribution in [-0.4, -0.2) is 62.0 Å². The Morgan fingerprint density at radius 2 is 2.26 bits per heavy atom. The summed E-state index contributed by atoms with van der Waals surface area (Å²) in [5.41, 5.74) is 0.422. The number of rotatable bonds is 3. The molecule has 2 rings (SSSR count). The molecule has 0 radical (unpaired) electrons. The Bertz CT molecular complexity index is 452. The first-order valence-electron chi connectivity index (χ1n) is 6.51. The second kappa shape index (κ2) is 6.12. The van der Waals surface area contributed by atoms with E-state index in [-0.39, 0.29) is 17.8 Å². The van der Waals surface area contributed by atoms with E-state index in [1.54, 1.807) is 12.1 Å². The Morgan fingerprint density at radius 1 is 1.47 bits per heavy atom. The lowest BCUT2D eigenvalue weighted by molar-refractivity contribution is 0.0503. The van der Waals surface area contributed by atoms with Gasteiger partial charge in [-0.25, -0.2) is 4.39 Å². The average Bonchev–Trinajstić information content (AvgIpc) is 2.39. The van der Waals surface area contributed by atoms with Gasteiger partial charge in [0.15, 0.2) is 0 Å². The molecule has 1 heterocycles. The summed E-state index contributed by atoms with van der Waals surface area (Å²) in [6.45, 7) is 3.10. The Labute approximate surface area is 113 Å². The third-order valence-corrected chi connectivity index (χ3v) is 3.46. The van der Waals surface area contributed by atoms with E-state index in [1.165, 1.54) is 12.1 Å². The van der Waals surface area contributed by atoms with Gasteiger partial charge in [0.25, 0.3) is 5.91 Å². The Kier molecular flexibility index (Phi) is 4.50. The monoisotopic (exact) mass is 265 g/mol. The minimum Gasteiger partial charge on any atom is -0.332 e. The van der Waals surface area contributed by atoms with E-state index in [0.717, 1.165) is 19.6 Å². The number of carbonyl (C=O) groups is 1. The summed E-state index contributed by atoms with van der Waals surface area (Å²) in [5, 5.41) is 3.11. The number of likely N-dealkylation sites (N-methyl/N-ethyl adjacent to an activating group) is 2. The molecule has 0 spiro atoms. The molecule has 0 aliphatic carbocycles. The molecule has 1 fully saturated rings. The first kappa shape index (κ1) is 14.0. The van der Waals surface area contributed by atoms with Gasteiger partial charge in [0, 0.05) is 31.7 Å². The van der Waals surface area contributed by atoms with Gasteiger partial charge >= 0.3 is 0 Å². The lowest BCUT2D eigenvalue weighted by atomic mass is 10.1. The number of piperazine rings is 1. The zero-order valence-electron chi connectivity index (χ0n) is 11.4. The van der Waals surface area contributed by atoms with Crippen molar-refractivity contribution in [3.8, 4) is 0 Å². The zero-order valence-corrected chi connectivity index (χ0v) is 11.4. The number of benzene rings is 1. The molecule has 1 amide bonds. The standard InChI is InChI=1S/C14H20FN3O/c1-16-9-13-10-17(2)6-7-18(13)14(19)11-4-3-5-12(15)8-11/h3-5,8,13,16H,6-7,9-10H2,1-2H3. The predicted octanol–water partition coefficient (Wildman–Crippen LogP) is 0.801. The van der Waals surface area contributed by atoms with Gasteiger partial charge in [-0.3, -0.25) is 4.79 Å². The molecule has 1 aromatic carbocycles. The molecule has 1 saturated heterocycles. The van der Waals surface area contributed by atoms with Crippen LogP contribution in [0.25, 0.3) is 0 Å². The van der Waals surface area contributed by atoms with Crippen molar-refractivity contribution in [2.45, 2.75) is 6.04 Å². The second-order valence-corrected chi connectivity index (χ2v) is 4.98. The molecule has 104 valence electrons. The van der Waals surface area contributed by atoms with E-state index in [2.05, 4.69) is 10.2 Å². The molecule has 0 saturated carbocycles. The molecule has 1 unspecified atom stereocenters. The van der Waals surface area contributed by atoms with Gasteiger partial charge in [-0.05, 0) is 32.3 Å². The third-order valence-electron chi connectivity index (χ3n) is 3.46. The van der Waals surface area contributed by atoms with E-state index in [1.807, 2.05) is 19.0 Å². The van der Waals surface area contributed by atoms with Gasteiger partial charge in [-0.2, -0.15) is 0 Å². The Balaban J connectivity index is 2.16. The first-order chi connectivity index (χ1) is 9.11. The van der Waals surface area contributed by atoms with Gasteiger partial charge in [0.05, 0.1) is 6.04 Å². The van der Waals surface area contributed by atoms with Crippen LogP contribution in [0, 0.1) is 5.82 Å². The second-order valence-electron chi connectivity index (χ2n) is 4.98. The van der Waals surface area contributed by atoms with Crippen molar-refractivity contribution in [2.75, 3.05) is 40.3 Å². The SMILES string of the molecule is CNCC1CN(C)CCN1C(=O)c1cccc(F)c1. The molecular formula is C14H20FN3O. The molecule has 1 N–H and O–H groups in total. The number of nitrogens with one attached hydrogen (secondary N) is 1. The maximum atomic E-state index is 13.2. The summed E-state index contributed by atoms with van der Waals surface area (Å²) >= 11 is 0. The smallest absolute Gasteiger partial charge is 0.254 e. The lowest BCUT2D eigenvalue weighted by Gasteiger charge is -2.40. The molecule has 1 aromatic rings. The van der Waals surface area contributed by atoms with Crippen LogP contribution in [0.4, 0.5) is 4.39 Å². The highest BCUT2D eigenvalue weighted by Crippen LogP contribution is 2.14. The minimum absolute atomic E-state index is 0.0900. The van der Waals surface area contributed by atoms with E-state index in [9.17, 15) is 9.18 Å². The number of hydrogen-bond acceptors (Lipinski definition) is 3. The van der Waals surface area contributed by atoms with Gasteiger partial charge in [0.1, 0.15) is 5.82 Å². The molecular weight excluding hydrogens is 245 g/mol. The van der Waals surface area contributed by atoms with Gasteiger partial charge in [0.2, 0.25) is 0 Å². The summed E-state index contributed by atoms with van der Waals surface area (Å²) in [5.74, 6) is -0.460. The van der Waals surface area contributed by atoms with Crippen LogP contribution in [0.3, 0.4) is 0 Å². The van der Waals surface area contributed by atoms with Crippen LogP contribution in [0.15, 0.2) is 24.3 Å². The molecule has 1 atom stereocenters. The fourth-order valence-corrected chi connectivity index (χ4v) is 2.48. The lowest BCUT2D eigenvalue weighted by Crippen LogP contribution is -2.57. The van der Waals surface area contributed by atoms with Crippen LogP contribution >= 0.6 is 0 Å². The van der Waals surface area contributed by atoms with Crippen molar-refractivity contribution in [2.24, 2.45) is 0 Å². The average molecular weight is 265 g/mol. The largest absolute Gasteiger partial charge is 0.332 e. The number of hydrogen-bond donors (Lipinski definition) is 1. The molecule has 5 heteroatoms. The van der Waals surface area contributed by atoms with Crippen molar-refractivity contribution in [1.29, 1.82) is 0 Å². The summed E-state index contributed by atoms with van der Waals surface area (Å²) < 4.78 is 13.2. The van der Waals surface area contributed by atoms with Gasteiger partial charge in [-0.15, -0.1) is 0 Å². The quantitative estimate of drug-likeness (QED) is 0.878. The number of carbonyl (C=O) groups excluding carboxylic acids is 1. The normalized spacial score (nSPS) is 20.6.